The first kappa shape index (κ1) is 15.7. The second-order valence-corrected chi connectivity index (χ2v) is 6.58. The molecule has 0 aliphatic carbocycles. The number of pyridine rings is 1. The van der Waals surface area contributed by atoms with Crippen molar-refractivity contribution in [2.24, 2.45) is 11.8 Å². The summed E-state index contributed by atoms with van der Waals surface area (Å²) in [6.07, 6.45) is 8.96. The van der Waals surface area contributed by atoms with E-state index in [2.05, 4.69) is 15.0 Å². The average molecular weight is 337 g/mol. The quantitative estimate of drug-likeness (QED) is 0.834. The minimum atomic E-state index is -0.144. The van der Waals surface area contributed by atoms with Crippen LogP contribution in [0, 0.1) is 11.8 Å². The molecule has 0 N–H and O–H groups in total. The Labute approximate surface area is 145 Å². The highest BCUT2D eigenvalue weighted by Gasteiger charge is 2.44. The molecular formula is C18H19N5O2. The fraction of sp³-hybridized carbons (Fsp3) is 0.389. The van der Waals surface area contributed by atoms with E-state index in [1.165, 1.54) is 12.4 Å². The van der Waals surface area contributed by atoms with Crippen molar-refractivity contribution >= 4 is 11.8 Å². The Bertz CT molecular complexity index is 768. The minimum absolute atomic E-state index is 0.119. The Morgan fingerprint density at radius 1 is 1.16 bits per heavy atom. The number of nitrogens with zero attached hydrogens (tertiary/aromatic N) is 5. The summed E-state index contributed by atoms with van der Waals surface area (Å²) in [6, 6.07) is 3.86. The standard InChI is InChI=1S/C18H19N5O2/c24-17-15-12-23(18(25)16-9-20-5-6-21-16)11-14(15)3-7-22(17)10-13-2-1-4-19-8-13/h1-2,4-6,8-9,14-15H,3,7,10-12H2/t14-,15+/m0/s1. The maximum Gasteiger partial charge on any atom is 0.274 e. The lowest BCUT2D eigenvalue weighted by Gasteiger charge is -2.33. The third-order valence-electron chi connectivity index (χ3n) is 5.01. The van der Waals surface area contributed by atoms with Gasteiger partial charge in [-0.25, -0.2) is 4.98 Å². The molecule has 0 radical (unpaired) electrons. The van der Waals surface area contributed by atoms with E-state index in [9.17, 15) is 9.59 Å². The van der Waals surface area contributed by atoms with Crippen LogP contribution in [0.15, 0.2) is 43.1 Å². The van der Waals surface area contributed by atoms with Gasteiger partial charge in [0.1, 0.15) is 5.69 Å². The van der Waals surface area contributed by atoms with Crippen LogP contribution in [0.3, 0.4) is 0 Å². The minimum Gasteiger partial charge on any atom is -0.338 e. The van der Waals surface area contributed by atoms with Crippen molar-refractivity contribution in [2.45, 2.75) is 13.0 Å². The molecule has 2 saturated heterocycles. The molecule has 2 aliphatic heterocycles. The van der Waals surface area contributed by atoms with Gasteiger partial charge in [0.15, 0.2) is 0 Å². The van der Waals surface area contributed by atoms with Gasteiger partial charge in [0.05, 0.1) is 12.1 Å². The number of hydrogen-bond acceptors (Lipinski definition) is 5. The van der Waals surface area contributed by atoms with E-state index in [1.54, 1.807) is 23.5 Å². The van der Waals surface area contributed by atoms with Crippen molar-refractivity contribution in [1.29, 1.82) is 0 Å². The molecule has 2 aliphatic rings. The maximum absolute atomic E-state index is 12.9. The van der Waals surface area contributed by atoms with E-state index in [0.717, 1.165) is 18.5 Å². The summed E-state index contributed by atoms with van der Waals surface area (Å²) in [7, 11) is 0. The number of fused-ring (bicyclic) bond motifs is 1. The van der Waals surface area contributed by atoms with Gasteiger partial charge in [-0.15, -0.1) is 0 Å². The van der Waals surface area contributed by atoms with Crippen LogP contribution in [-0.2, 0) is 11.3 Å². The number of aromatic nitrogens is 3. The van der Waals surface area contributed by atoms with E-state index >= 15 is 0 Å². The molecule has 2 aromatic heterocycles. The van der Waals surface area contributed by atoms with E-state index in [-0.39, 0.29) is 23.7 Å². The number of rotatable bonds is 3. The SMILES string of the molecule is O=C(c1cnccn1)N1C[C@@H]2CCN(Cc3cccnc3)C(=O)[C@@H]2C1. The molecule has 0 unspecified atom stereocenters. The van der Waals surface area contributed by atoms with Crippen LogP contribution in [0.5, 0.6) is 0 Å². The maximum atomic E-state index is 12.9. The zero-order valence-corrected chi connectivity index (χ0v) is 13.8. The summed E-state index contributed by atoms with van der Waals surface area (Å²) in [5, 5.41) is 0. The van der Waals surface area contributed by atoms with Gasteiger partial charge in [-0.3, -0.25) is 19.6 Å². The van der Waals surface area contributed by atoms with E-state index < -0.39 is 0 Å². The van der Waals surface area contributed by atoms with E-state index in [4.69, 9.17) is 0 Å². The monoisotopic (exact) mass is 337 g/mol. The Morgan fingerprint density at radius 3 is 2.80 bits per heavy atom. The fourth-order valence-electron chi connectivity index (χ4n) is 3.72. The number of carbonyl (C=O) groups is 2. The topological polar surface area (TPSA) is 79.3 Å². The van der Waals surface area contributed by atoms with Gasteiger partial charge in [-0.2, -0.15) is 0 Å². The predicted octanol–water partition coefficient (Wildman–Crippen LogP) is 0.992. The zero-order valence-electron chi connectivity index (χ0n) is 13.8. The van der Waals surface area contributed by atoms with Crippen molar-refractivity contribution in [1.82, 2.24) is 24.8 Å². The summed E-state index contributed by atoms with van der Waals surface area (Å²) < 4.78 is 0. The molecule has 7 heteroatoms. The molecule has 2 amide bonds. The number of hydrogen-bond donors (Lipinski definition) is 0. The molecule has 25 heavy (non-hydrogen) atoms. The lowest BCUT2D eigenvalue weighted by molar-refractivity contribution is -0.140. The molecule has 4 heterocycles. The summed E-state index contributed by atoms with van der Waals surface area (Å²) in [5.74, 6) is 0.105. The second kappa shape index (κ2) is 6.58. The third-order valence-corrected chi connectivity index (χ3v) is 5.01. The van der Waals surface area contributed by atoms with Gasteiger partial charge in [0, 0.05) is 51.0 Å². The van der Waals surface area contributed by atoms with Crippen LogP contribution in [0.25, 0.3) is 0 Å². The van der Waals surface area contributed by atoms with Gasteiger partial charge in [0.25, 0.3) is 5.91 Å². The molecule has 0 spiro atoms. The molecule has 4 rings (SSSR count). The molecule has 0 aromatic carbocycles. The van der Waals surface area contributed by atoms with Crippen LogP contribution < -0.4 is 0 Å². The lowest BCUT2D eigenvalue weighted by atomic mass is 9.88. The Morgan fingerprint density at radius 2 is 2.04 bits per heavy atom. The normalized spacial score (nSPS) is 22.8. The lowest BCUT2D eigenvalue weighted by Crippen LogP contribution is -2.44. The van der Waals surface area contributed by atoms with Crippen molar-refractivity contribution in [3.05, 3.63) is 54.4 Å². The predicted molar refractivity (Wildman–Crippen MR) is 89.2 cm³/mol. The summed E-state index contributed by atoms with van der Waals surface area (Å²) >= 11 is 0. The highest BCUT2D eigenvalue weighted by molar-refractivity contribution is 5.93. The molecular weight excluding hydrogens is 318 g/mol. The highest BCUT2D eigenvalue weighted by Crippen LogP contribution is 2.33. The first-order valence-corrected chi connectivity index (χ1v) is 8.45. The highest BCUT2D eigenvalue weighted by atomic mass is 16.2. The first-order chi connectivity index (χ1) is 12.2. The first-order valence-electron chi connectivity index (χ1n) is 8.45. The zero-order chi connectivity index (χ0) is 17.2. The van der Waals surface area contributed by atoms with Crippen molar-refractivity contribution in [3.8, 4) is 0 Å². The number of carbonyl (C=O) groups excluding carboxylic acids is 2. The van der Waals surface area contributed by atoms with Crippen molar-refractivity contribution in [3.63, 3.8) is 0 Å². The smallest absolute Gasteiger partial charge is 0.274 e. The molecule has 0 bridgehead atoms. The van der Waals surface area contributed by atoms with Crippen LogP contribution in [-0.4, -0.2) is 56.2 Å². The summed E-state index contributed by atoms with van der Waals surface area (Å²) in [6.45, 7) is 2.38. The second-order valence-electron chi connectivity index (χ2n) is 6.58. The van der Waals surface area contributed by atoms with Crippen LogP contribution in [0.1, 0.15) is 22.5 Å². The molecule has 0 saturated carbocycles. The van der Waals surface area contributed by atoms with Gasteiger partial charge in [0.2, 0.25) is 5.91 Å². The van der Waals surface area contributed by atoms with Crippen molar-refractivity contribution in [2.75, 3.05) is 19.6 Å². The Balaban J connectivity index is 1.44. The summed E-state index contributed by atoms with van der Waals surface area (Å²) in [4.78, 5) is 41.2. The largest absolute Gasteiger partial charge is 0.338 e. The molecule has 2 atom stereocenters. The van der Waals surface area contributed by atoms with Gasteiger partial charge >= 0.3 is 0 Å². The van der Waals surface area contributed by atoms with E-state index in [0.29, 0.717) is 25.3 Å². The molecule has 2 aromatic rings. The molecule has 128 valence electrons. The van der Waals surface area contributed by atoms with Crippen molar-refractivity contribution < 1.29 is 9.59 Å². The Kier molecular flexibility index (Phi) is 4.13. The summed E-state index contributed by atoms with van der Waals surface area (Å²) in [5.41, 5.74) is 1.36. The average Bonchev–Trinajstić information content (AvgIpc) is 3.10. The number of likely N-dealkylation sites (tertiary alicyclic amines) is 2. The third kappa shape index (κ3) is 3.09. The number of piperidine rings is 1. The van der Waals surface area contributed by atoms with E-state index in [1.807, 2.05) is 17.0 Å². The van der Waals surface area contributed by atoms with Crippen LogP contribution >= 0.6 is 0 Å². The van der Waals surface area contributed by atoms with Gasteiger partial charge in [-0.05, 0) is 24.0 Å². The van der Waals surface area contributed by atoms with Crippen LogP contribution in [0.2, 0.25) is 0 Å². The fourth-order valence-corrected chi connectivity index (χ4v) is 3.72. The Hall–Kier alpha value is -2.83. The van der Waals surface area contributed by atoms with Gasteiger partial charge < -0.3 is 9.80 Å². The van der Waals surface area contributed by atoms with Crippen LogP contribution in [0.4, 0.5) is 0 Å². The molecule has 2 fully saturated rings. The number of amides is 2. The molecule has 7 nitrogen and oxygen atoms in total. The van der Waals surface area contributed by atoms with Gasteiger partial charge in [-0.1, -0.05) is 6.07 Å².